The van der Waals surface area contributed by atoms with Gasteiger partial charge in [-0.05, 0) is 38.5 Å². The number of aromatic nitrogens is 1. The standard InChI is InChI=1S/C17H19FN2O3/c1-5-23-17(22)15-10(2)14(11(3)20(15)4)16(21)19-13-9-7-6-8-12(13)18/h6-9H,5H2,1-4H3,(H,19,21). The first-order chi connectivity index (χ1) is 10.9. The Morgan fingerprint density at radius 1 is 1.26 bits per heavy atom. The van der Waals surface area contributed by atoms with E-state index in [1.165, 1.54) is 12.1 Å². The normalized spacial score (nSPS) is 10.5. The fourth-order valence-corrected chi connectivity index (χ4v) is 2.55. The summed E-state index contributed by atoms with van der Waals surface area (Å²) in [6.07, 6.45) is 0. The molecule has 0 aliphatic rings. The minimum atomic E-state index is -0.516. The Hall–Kier alpha value is -2.63. The van der Waals surface area contributed by atoms with Crippen LogP contribution in [0.25, 0.3) is 0 Å². The summed E-state index contributed by atoms with van der Waals surface area (Å²) in [6, 6.07) is 5.92. The summed E-state index contributed by atoms with van der Waals surface area (Å²) in [4.78, 5) is 24.6. The lowest BCUT2D eigenvalue weighted by atomic mass is 10.1. The van der Waals surface area contributed by atoms with Crippen molar-refractivity contribution >= 4 is 17.6 Å². The number of hydrogen-bond acceptors (Lipinski definition) is 3. The van der Waals surface area contributed by atoms with Crippen LogP contribution in [0.2, 0.25) is 0 Å². The average Bonchev–Trinajstić information content (AvgIpc) is 2.72. The zero-order chi connectivity index (χ0) is 17.1. The number of carbonyl (C=O) groups excluding carboxylic acids is 2. The number of nitrogens with zero attached hydrogens (tertiary/aromatic N) is 1. The molecule has 0 fully saturated rings. The first kappa shape index (κ1) is 16.7. The second-order valence-corrected chi connectivity index (χ2v) is 5.15. The highest BCUT2D eigenvalue weighted by molar-refractivity contribution is 6.08. The third-order valence-corrected chi connectivity index (χ3v) is 3.75. The van der Waals surface area contributed by atoms with E-state index in [1.807, 2.05) is 0 Å². The van der Waals surface area contributed by atoms with Gasteiger partial charge in [-0.2, -0.15) is 0 Å². The second-order valence-electron chi connectivity index (χ2n) is 5.15. The molecule has 0 radical (unpaired) electrons. The molecule has 0 atom stereocenters. The highest BCUT2D eigenvalue weighted by Gasteiger charge is 2.25. The molecule has 0 aliphatic carbocycles. The summed E-state index contributed by atoms with van der Waals surface area (Å²) < 4.78 is 20.3. The van der Waals surface area contributed by atoms with Crippen LogP contribution in [-0.4, -0.2) is 23.1 Å². The number of benzene rings is 1. The Balaban J connectivity index is 2.40. The molecule has 1 amide bonds. The molecule has 0 unspecified atom stereocenters. The Morgan fingerprint density at radius 3 is 2.52 bits per heavy atom. The topological polar surface area (TPSA) is 60.3 Å². The van der Waals surface area contributed by atoms with E-state index in [0.717, 1.165) is 0 Å². The van der Waals surface area contributed by atoms with E-state index in [-0.39, 0.29) is 12.3 Å². The SMILES string of the molecule is CCOC(=O)c1c(C)c(C(=O)Nc2ccccc2F)c(C)n1C. The fraction of sp³-hybridized carbons (Fsp3) is 0.294. The summed E-state index contributed by atoms with van der Waals surface area (Å²) in [5.74, 6) is -1.46. The van der Waals surface area contributed by atoms with Gasteiger partial charge in [-0.1, -0.05) is 12.1 Å². The molecule has 1 heterocycles. The maximum Gasteiger partial charge on any atom is 0.355 e. The van der Waals surface area contributed by atoms with Crippen molar-refractivity contribution in [2.45, 2.75) is 20.8 Å². The average molecular weight is 318 g/mol. The molecule has 23 heavy (non-hydrogen) atoms. The highest BCUT2D eigenvalue weighted by Crippen LogP contribution is 2.24. The van der Waals surface area contributed by atoms with Gasteiger partial charge in [0.15, 0.2) is 0 Å². The number of hydrogen-bond donors (Lipinski definition) is 1. The van der Waals surface area contributed by atoms with Gasteiger partial charge in [-0.15, -0.1) is 0 Å². The number of para-hydroxylation sites is 1. The summed E-state index contributed by atoms with van der Waals surface area (Å²) in [5, 5.41) is 2.54. The van der Waals surface area contributed by atoms with E-state index < -0.39 is 17.7 Å². The summed E-state index contributed by atoms with van der Waals surface area (Å²) in [5.41, 5.74) is 1.89. The Labute approximate surface area is 134 Å². The van der Waals surface area contributed by atoms with E-state index >= 15 is 0 Å². The molecular weight excluding hydrogens is 299 g/mol. The zero-order valence-corrected chi connectivity index (χ0v) is 13.6. The summed E-state index contributed by atoms with van der Waals surface area (Å²) in [6.45, 7) is 5.37. The Morgan fingerprint density at radius 2 is 1.91 bits per heavy atom. The van der Waals surface area contributed by atoms with E-state index in [0.29, 0.717) is 22.5 Å². The van der Waals surface area contributed by atoms with Gasteiger partial charge in [-0.25, -0.2) is 9.18 Å². The number of esters is 1. The van der Waals surface area contributed by atoms with Gasteiger partial charge in [0.1, 0.15) is 11.5 Å². The van der Waals surface area contributed by atoms with Crippen molar-refractivity contribution in [1.82, 2.24) is 4.57 Å². The predicted octanol–water partition coefficient (Wildman–Crippen LogP) is 3.21. The second kappa shape index (κ2) is 6.64. The van der Waals surface area contributed by atoms with Gasteiger partial charge in [0, 0.05) is 12.7 Å². The molecule has 1 N–H and O–H groups in total. The van der Waals surface area contributed by atoms with Crippen molar-refractivity contribution in [3.63, 3.8) is 0 Å². The fourth-order valence-electron chi connectivity index (χ4n) is 2.55. The molecule has 122 valence electrons. The maximum absolute atomic E-state index is 13.7. The zero-order valence-electron chi connectivity index (χ0n) is 13.6. The first-order valence-electron chi connectivity index (χ1n) is 7.27. The van der Waals surface area contributed by atoms with Crippen molar-refractivity contribution in [3.8, 4) is 0 Å². The number of rotatable bonds is 4. The van der Waals surface area contributed by atoms with Crippen LogP contribution in [0, 0.1) is 19.7 Å². The van der Waals surface area contributed by atoms with Gasteiger partial charge in [0.2, 0.25) is 0 Å². The van der Waals surface area contributed by atoms with E-state index in [4.69, 9.17) is 4.74 Å². The summed E-state index contributed by atoms with van der Waals surface area (Å²) >= 11 is 0. The number of amides is 1. The number of halogens is 1. The molecule has 6 heteroatoms. The molecule has 0 saturated carbocycles. The lowest BCUT2D eigenvalue weighted by Gasteiger charge is -2.07. The van der Waals surface area contributed by atoms with Crippen LogP contribution < -0.4 is 5.32 Å². The van der Waals surface area contributed by atoms with Crippen molar-refractivity contribution in [1.29, 1.82) is 0 Å². The van der Waals surface area contributed by atoms with Crippen LogP contribution in [-0.2, 0) is 11.8 Å². The molecule has 1 aromatic carbocycles. The molecule has 0 spiro atoms. The molecule has 5 nitrogen and oxygen atoms in total. The van der Waals surface area contributed by atoms with Crippen LogP contribution in [0.15, 0.2) is 24.3 Å². The molecule has 0 aliphatic heterocycles. The van der Waals surface area contributed by atoms with Crippen LogP contribution in [0.3, 0.4) is 0 Å². The lowest BCUT2D eigenvalue weighted by Crippen LogP contribution is -2.15. The largest absolute Gasteiger partial charge is 0.461 e. The molecular formula is C17H19FN2O3. The number of carbonyl (C=O) groups is 2. The van der Waals surface area contributed by atoms with E-state index in [2.05, 4.69) is 5.32 Å². The number of ether oxygens (including phenoxy) is 1. The predicted molar refractivity (Wildman–Crippen MR) is 85.2 cm³/mol. The highest BCUT2D eigenvalue weighted by atomic mass is 19.1. The lowest BCUT2D eigenvalue weighted by molar-refractivity contribution is 0.0514. The number of nitrogens with one attached hydrogen (secondary N) is 1. The molecule has 2 rings (SSSR count). The van der Waals surface area contributed by atoms with Crippen molar-refractivity contribution in [2.75, 3.05) is 11.9 Å². The monoisotopic (exact) mass is 318 g/mol. The third kappa shape index (κ3) is 3.11. The quantitative estimate of drug-likeness (QED) is 0.881. The van der Waals surface area contributed by atoms with E-state index in [9.17, 15) is 14.0 Å². The Kier molecular flexibility index (Phi) is 4.83. The van der Waals surface area contributed by atoms with Crippen LogP contribution >= 0.6 is 0 Å². The third-order valence-electron chi connectivity index (χ3n) is 3.75. The van der Waals surface area contributed by atoms with Crippen molar-refractivity contribution in [2.24, 2.45) is 7.05 Å². The van der Waals surface area contributed by atoms with Gasteiger partial charge in [0.25, 0.3) is 5.91 Å². The van der Waals surface area contributed by atoms with E-state index in [1.54, 1.807) is 44.5 Å². The molecule has 1 aromatic heterocycles. The molecule has 2 aromatic rings. The van der Waals surface area contributed by atoms with Crippen LogP contribution in [0.4, 0.5) is 10.1 Å². The maximum atomic E-state index is 13.7. The van der Waals surface area contributed by atoms with Crippen LogP contribution in [0.1, 0.15) is 39.0 Å². The minimum absolute atomic E-state index is 0.0952. The van der Waals surface area contributed by atoms with Crippen LogP contribution in [0.5, 0.6) is 0 Å². The summed E-state index contributed by atoms with van der Waals surface area (Å²) in [7, 11) is 1.69. The minimum Gasteiger partial charge on any atom is -0.461 e. The smallest absolute Gasteiger partial charge is 0.355 e. The van der Waals surface area contributed by atoms with Gasteiger partial charge >= 0.3 is 5.97 Å². The van der Waals surface area contributed by atoms with Gasteiger partial charge in [-0.3, -0.25) is 4.79 Å². The Bertz CT molecular complexity index is 765. The molecule has 0 saturated heterocycles. The van der Waals surface area contributed by atoms with Gasteiger partial charge in [0.05, 0.1) is 17.9 Å². The first-order valence-corrected chi connectivity index (χ1v) is 7.27. The van der Waals surface area contributed by atoms with Crippen molar-refractivity contribution < 1.29 is 18.7 Å². The van der Waals surface area contributed by atoms with Crippen molar-refractivity contribution in [3.05, 3.63) is 52.6 Å². The number of anilines is 1. The van der Waals surface area contributed by atoms with Gasteiger partial charge < -0.3 is 14.6 Å². The molecule has 0 bridgehead atoms.